The van der Waals surface area contributed by atoms with Crippen LogP contribution in [0.25, 0.3) is 0 Å². The maximum absolute atomic E-state index is 12.7. The van der Waals surface area contributed by atoms with Crippen molar-refractivity contribution < 1.29 is 19.0 Å². The summed E-state index contributed by atoms with van der Waals surface area (Å²) < 4.78 is 18.8. The van der Waals surface area contributed by atoms with Gasteiger partial charge in [-0.25, -0.2) is 4.79 Å². The zero-order valence-corrected chi connectivity index (χ0v) is 32.5. The van der Waals surface area contributed by atoms with E-state index in [4.69, 9.17) is 14.2 Å². The third-order valence-electron chi connectivity index (χ3n) is 9.92. The number of esters is 1. The minimum absolute atomic E-state index is 0.243. The molecule has 0 aliphatic carbocycles. The van der Waals surface area contributed by atoms with Crippen molar-refractivity contribution in [2.24, 2.45) is 0 Å². The van der Waals surface area contributed by atoms with Crippen LogP contribution in [-0.2, 0) is 19.0 Å². The Labute approximate surface area is 303 Å². The Kier molecular flexibility index (Phi) is 25.7. The van der Waals surface area contributed by atoms with E-state index in [9.17, 15) is 4.79 Å². The van der Waals surface area contributed by atoms with Gasteiger partial charge in [0, 0.05) is 19.4 Å². The quantitative estimate of drug-likeness (QED) is 0.0401. The van der Waals surface area contributed by atoms with Crippen molar-refractivity contribution in [1.82, 2.24) is 4.90 Å². The average Bonchev–Trinajstić information content (AvgIpc) is 3.59. The zero-order valence-electron chi connectivity index (χ0n) is 32.5. The normalized spacial score (nSPS) is 22.6. The predicted molar refractivity (Wildman–Crippen MR) is 209 cm³/mol. The summed E-state index contributed by atoms with van der Waals surface area (Å²) in [6, 6.07) is 0. The van der Waals surface area contributed by atoms with Gasteiger partial charge in [0.2, 0.25) is 0 Å². The summed E-state index contributed by atoms with van der Waals surface area (Å²) in [6.45, 7) is 5.19. The van der Waals surface area contributed by atoms with Gasteiger partial charge in [0.05, 0.1) is 0 Å². The molecule has 5 heteroatoms. The lowest BCUT2D eigenvalue weighted by Gasteiger charge is -2.30. The number of allylic oxidation sites excluding steroid dienone is 8. The highest BCUT2D eigenvalue weighted by Crippen LogP contribution is 2.42. The average molecular weight is 684 g/mol. The molecule has 0 radical (unpaired) electrons. The number of hydrogen-bond acceptors (Lipinski definition) is 5. The van der Waals surface area contributed by atoms with E-state index in [1.807, 2.05) is 14.1 Å². The molecule has 0 aromatic carbocycles. The highest BCUT2D eigenvalue weighted by atomic mass is 16.8. The van der Waals surface area contributed by atoms with Crippen LogP contribution >= 0.6 is 0 Å². The van der Waals surface area contributed by atoms with Crippen molar-refractivity contribution in [3.63, 3.8) is 0 Å². The highest BCUT2D eigenvalue weighted by Gasteiger charge is 2.58. The van der Waals surface area contributed by atoms with Gasteiger partial charge in [-0.1, -0.05) is 140 Å². The smallest absolute Gasteiger partial charge is 0.338 e. The van der Waals surface area contributed by atoms with E-state index in [2.05, 4.69) is 67.4 Å². The second kappa shape index (κ2) is 28.9. The van der Waals surface area contributed by atoms with Crippen molar-refractivity contribution in [1.29, 1.82) is 0 Å². The van der Waals surface area contributed by atoms with Gasteiger partial charge in [0.25, 0.3) is 0 Å². The van der Waals surface area contributed by atoms with Gasteiger partial charge in [-0.05, 0) is 91.1 Å². The molecule has 282 valence electrons. The fourth-order valence-electron chi connectivity index (χ4n) is 7.00. The lowest BCUT2D eigenvalue weighted by Crippen LogP contribution is -2.38. The summed E-state index contributed by atoms with van der Waals surface area (Å²) in [6.07, 6.45) is 49.0. The number of cyclic esters (lactones) is 1. The van der Waals surface area contributed by atoms with Crippen LogP contribution in [0, 0.1) is 0 Å². The number of rotatable bonds is 32. The fraction of sp³-hybridized carbons (Fsp3) is 0.795. The van der Waals surface area contributed by atoms with Crippen LogP contribution in [0.3, 0.4) is 0 Å². The SMILES string of the molecule is CCCCCC=CCC=CCCCCCCCCC1(CCCCCCCCC=CCC=CCCCCC)OC2C(=O)OC(CN(C)C)C2O1. The van der Waals surface area contributed by atoms with Crippen molar-refractivity contribution in [2.45, 2.75) is 205 Å². The van der Waals surface area contributed by atoms with Gasteiger partial charge >= 0.3 is 5.97 Å². The summed E-state index contributed by atoms with van der Waals surface area (Å²) in [5.41, 5.74) is 0. The lowest BCUT2D eigenvalue weighted by atomic mass is 9.98. The molecule has 3 unspecified atom stereocenters. The first-order valence-corrected chi connectivity index (χ1v) is 20.8. The summed E-state index contributed by atoms with van der Waals surface area (Å²) in [7, 11) is 4.02. The number of carbonyl (C=O) groups is 1. The standard InChI is InChI=1S/C44H77NO4/c1-5-7-9-11-13-15-17-19-21-23-25-27-29-31-33-35-37-44(48-41-40(39-45(3)4)47-43(46)42(41)49-44)38-36-34-32-30-28-26-24-22-20-18-16-14-12-10-8-6-2/h13-16,19-22,40-42H,5-12,17-18,23-39H2,1-4H3. The van der Waals surface area contributed by atoms with Crippen LogP contribution < -0.4 is 0 Å². The zero-order chi connectivity index (χ0) is 35.3. The molecule has 2 fully saturated rings. The van der Waals surface area contributed by atoms with Crippen molar-refractivity contribution in [3.05, 3.63) is 48.6 Å². The number of unbranched alkanes of at least 4 members (excludes halogenated alkanes) is 18. The van der Waals surface area contributed by atoms with E-state index in [0.29, 0.717) is 6.54 Å². The number of likely N-dealkylation sites (N-methyl/N-ethyl adjacent to an activating group) is 1. The Hall–Kier alpha value is -1.69. The van der Waals surface area contributed by atoms with Crippen LogP contribution in [0.4, 0.5) is 0 Å². The van der Waals surface area contributed by atoms with Crippen LogP contribution in [0.2, 0.25) is 0 Å². The molecule has 5 nitrogen and oxygen atoms in total. The molecule has 0 aromatic rings. The number of fused-ring (bicyclic) bond motifs is 1. The van der Waals surface area contributed by atoms with Gasteiger partial charge in [0.15, 0.2) is 11.9 Å². The topological polar surface area (TPSA) is 48.0 Å². The molecule has 0 bridgehead atoms. The maximum Gasteiger partial charge on any atom is 0.338 e. The highest BCUT2D eigenvalue weighted by molar-refractivity contribution is 5.78. The number of carbonyl (C=O) groups excluding carboxylic acids is 1. The molecule has 0 saturated carbocycles. The molecule has 2 saturated heterocycles. The summed E-state index contributed by atoms with van der Waals surface area (Å²) in [5, 5.41) is 0. The van der Waals surface area contributed by atoms with Gasteiger partial charge in [-0.15, -0.1) is 0 Å². The molecule has 2 aliphatic rings. The van der Waals surface area contributed by atoms with Crippen molar-refractivity contribution >= 4 is 5.97 Å². The Bertz CT molecular complexity index is 874. The third kappa shape index (κ3) is 20.7. The molecule has 2 heterocycles. The second-order valence-corrected chi connectivity index (χ2v) is 14.9. The molecule has 0 spiro atoms. The number of hydrogen-bond donors (Lipinski definition) is 0. The fourth-order valence-corrected chi connectivity index (χ4v) is 7.00. The molecular formula is C44H77NO4. The molecule has 0 aromatic heterocycles. The van der Waals surface area contributed by atoms with Crippen molar-refractivity contribution in [3.8, 4) is 0 Å². The first kappa shape index (κ1) is 43.5. The van der Waals surface area contributed by atoms with E-state index in [-0.39, 0.29) is 18.2 Å². The van der Waals surface area contributed by atoms with Gasteiger partial charge in [0.1, 0.15) is 12.2 Å². The molecular weight excluding hydrogens is 606 g/mol. The number of ether oxygens (including phenoxy) is 3. The number of nitrogens with zero attached hydrogens (tertiary/aromatic N) is 1. The monoisotopic (exact) mass is 684 g/mol. The maximum atomic E-state index is 12.7. The minimum Gasteiger partial charge on any atom is -0.456 e. The summed E-state index contributed by atoms with van der Waals surface area (Å²) >= 11 is 0. The van der Waals surface area contributed by atoms with Crippen LogP contribution in [-0.4, -0.2) is 55.6 Å². The molecule has 3 atom stereocenters. The minimum atomic E-state index is -0.635. The summed E-state index contributed by atoms with van der Waals surface area (Å²) in [4.78, 5) is 14.8. The van der Waals surface area contributed by atoms with Gasteiger partial charge < -0.3 is 19.1 Å². The van der Waals surface area contributed by atoms with Crippen LogP contribution in [0.5, 0.6) is 0 Å². The lowest BCUT2D eigenvalue weighted by molar-refractivity contribution is -0.211. The Morgan fingerprint density at radius 1 is 0.551 bits per heavy atom. The molecule has 0 amide bonds. The third-order valence-corrected chi connectivity index (χ3v) is 9.92. The Balaban J connectivity index is 1.63. The van der Waals surface area contributed by atoms with Crippen molar-refractivity contribution in [2.75, 3.05) is 20.6 Å². The molecule has 2 aliphatic heterocycles. The van der Waals surface area contributed by atoms with E-state index < -0.39 is 11.9 Å². The Morgan fingerprint density at radius 3 is 1.39 bits per heavy atom. The summed E-state index contributed by atoms with van der Waals surface area (Å²) in [5.74, 6) is -0.878. The van der Waals surface area contributed by atoms with E-state index in [1.165, 1.54) is 128 Å². The molecule has 0 N–H and O–H groups in total. The van der Waals surface area contributed by atoms with E-state index in [1.54, 1.807) is 0 Å². The largest absolute Gasteiger partial charge is 0.456 e. The van der Waals surface area contributed by atoms with Crippen LogP contribution in [0.15, 0.2) is 48.6 Å². The first-order chi connectivity index (χ1) is 24.0. The van der Waals surface area contributed by atoms with Gasteiger partial charge in [-0.2, -0.15) is 0 Å². The molecule has 49 heavy (non-hydrogen) atoms. The van der Waals surface area contributed by atoms with E-state index in [0.717, 1.165) is 38.5 Å². The van der Waals surface area contributed by atoms with Crippen LogP contribution in [0.1, 0.15) is 181 Å². The second-order valence-electron chi connectivity index (χ2n) is 14.9. The predicted octanol–water partition coefficient (Wildman–Crippen LogP) is 12.4. The molecule has 2 rings (SSSR count). The van der Waals surface area contributed by atoms with E-state index >= 15 is 0 Å². The van der Waals surface area contributed by atoms with Gasteiger partial charge in [-0.3, -0.25) is 0 Å². The Morgan fingerprint density at radius 2 is 0.959 bits per heavy atom. The first-order valence-electron chi connectivity index (χ1n) is 20.8.